The second-order valence-electron chi connectivity index (χ2n) is 4.81. The molecule has 6 heteroatoms. The van der Waals surface area contributed by atoms with E-state index in [1.54, 1.807) is 16.9 Å². The Morgan fingerprint density at radius 3 is 2.95 bits per heavy atom. The molecular weight excluding hydrogens is 266 g/mol. The lowest BCUT2D eigenvalue weighted by Crippen LogP contribution is -2.29. The van der Waals surface area contributed by atoms with Crippen LogP contribution < -0.4 is 10.6 Å². The van der Waals surface area contributed by atoms with E-state index in [0.717, 1.165) is 25.0 Å². The number of unbranched alkanes of at least 4 members (excludes halogenated alkanes) is 2. The van der Waals surface area contributed by atoms with Crippen molar-refractivity contribution in [1.82, 2.24) is 20.1 Å². The Hall–Kier alpha value is -2.37. The van der Waals surface area contributed by atoms with Crippen LogP contribution in [0.2, 0.25) is 0 Å². The van der Waals surface area contributed by atoms with Crippen LogP contribution in [0.4, 0.5) is 10.6 Å². The van der Waals surface area contributed by atoms with E-state index in [0.29, 0.717) is 18.9 Å². The zero-order chi connectivity index (χ0) is 14.9. The highest BCUT2D eigenvalue weighted by Crippen LogP contribution is 2.04. The topological polar surface area (TPSA) is 71.8 Å². The summed E-state index contributed by atoms with van der Waals surface area (Å²) in [5, 5.41) is 9.83. The molecule has 0 atom stereocenters. The van der Waals surface area contributed by atoms with Gasteiger partial charge in [-0.2, -0.15) is 5.10 Å². The summed E-state index contributed by atoms with van der Waals surface area (Å²) >= 11 is 0. The number of anilines is 1. The van der Waals surface area contributed by atoms with E-state index >= 15 is 0 Å². The summed E-state index contributed by atoms with van der Waals surface area (Å²) in [7, 11) is 0. The first-order chi connectivity index (χ1) is 10.3. The molecule has 112 valence electrons. The lowest BCUT2D eigenvalue weighted by atomic mass is 10.2. The quantitative estimate of drug-likeness (QED) is 0.769. The molecule has 0 saturated carbocycles. The third kappa shape index (κ3) is 5.25. The molecule has 0 bridgehead atoms. The average molecular weight is 287 g/mol. The van der Waals surface area contributed by atoms with E-state index in [2.05, 4.69) is 27.6 Å². The van der Waals surface area contributed by atoms with Gasteiger partial charge in [0.1, 0.15) is 0 Å². The van der Waals surface area contributed by atoms with Gasteiger partial charge in [0.2, 0.25) is 0 Å². The van der Waals surface area contributed by atoms with E-state index in [-0.39, 0.29) is 6.03 Å². The molecule has 0 aliphatic carbocycles. The number of nitrogens with one attached hydrogen (secondary N) is 2. The lowest BCUT2D eigenvalue weighted by Gasteiger charge is -2.05. The van der Waals surface area contributed by atoms with E-state index in [1.165, 1.54) is 0 Å². The minimum Gasteiger partial charge on any atom is -0.338 e. The number of carbonyl (C=O) groups excluding carboxylic acids is 1. The fourth-order valence-electron chi connectivity index (χ4n) is 1.91. The van der Waals surface area contributed by atoms with Crippen molar-refractivity contribution in [2.24, 2.45) is 0 Å². The van der Waals surface area contributed by atoms with Gasteiger partial charge >= 0.3 is 6.03 Å². The van der Waals surface area contributed by atoms with Crippen molar-refractivity contribution in [3.63, 3.8) is 0 Å². The molecule has 0 radical (unpaired) electrons. The molecule has 2 amide bonds. The Bertz CT molecular complexity index is 552. The zero-order valence-electron chi connectivity index (χ0n) is 12.2. The number of hydrogen-bond donors (Lipinski definition) is 2. The van der Waals surface area contributed by atoms with Crippen LogP contribution in [0.5, 0.6) is 0 Å². The maximum atomic E-state index is 11.7. The Morgan fingerprint density at radius 1 is 1.29 bits per heavy atom. The van der Waals surface area contributed by atoms with Crippen LogP contribution in [-0.4, -0.2) is 27.3 Å². The number of rotatable bonds is 7. The van der Waals surface area contributed by atoms with E-state index < -0.39 is 0 Å². The number of pyridine rings is 1. The van der Waals surface area contributed by atoms with Gasteiger partial charge in [0, 0.05) is 25.0 Å². The van der Waals surface area contributed by atoms with Gasteiger partial charge in [0.25, 0.3) is 0 Å². The Kier molecular flexibility index (Phi) is 5.75. The monoisotopic (exact) mass is 287 g/mol. The first-order valence-electron chi connectivity index (χ1n) is 7.26. The molecule has 0 unspecified atom stereocenters. The van der Waals surface area contributed by atoms with Crippen molar-refractivity contribution < 1.29 is 4.79 Å². The SMILES string of the molecule is CCCCCNC(=O)Nc1ccn(Cc2ccccn2)n1. The van der Waals surface area contributed by atoms with Crippen LogP contribution in [0.1, 0.15) is 31.9 Å². The van der Waals surface area contributed by atoms with Crippen molar-refractivity contribution in [3.05, 3.63) is 42.4 Å². The minimum atomic E-state index is -0.214. The Labute approximate surface area is 124 Å². The van der Waals surface area contributed by atoms with Crippen LogP contribution in [0.25, 0.3) is 0 Å². The molecule has 2 rings (SSSR count). The number of amides is 2. The smallest absolute Gasteiger partial charge is 0.320 e. The molecule has 2 heterocycles. The standard InChI is InChI=1S/C15H21N5O/c1-2-3-5-10-17-15(21)18-14-8-11-20(19-14)12-13-7-4-6-9-16-13/h4,6-9,11H,2-3,5,10,12H2,1H3,(H2,17,18,19,21). The molecular formula is C15H21N5O. The first-order valence-corrected chi connectivity index (χ1v) is 7.26. The van der Waals surface area contributed by atoms with Gasteiger partial charge in [0.05, 0.1) is 12.2 Å². The average Bonchev–Trinajstić information content (AvgIpc) is 2.92. The molecule has 0 aliphatic rings. The molecule has 0 aromatic carbocycles. The Morgan fingerprint density at radius 2 is 2.19 bits per heavy atom. The van der Waals surface area contributed by atoms with Crippen LogP contribution >= 0.6 is 0 Å². The maximum Gasteiger partial charge on any atom is 0.320 e. The van der Waals surface area contributed by atoms with Gasteiger partial charge in [0.15, 0.2) is 5.82 Å². The third-order valence-corrected chi connectivity index (χ3v) is 3.00. The number of carbonyl (C=O) groups is 1. The van der Waals surface area contributed by atoms with E-state index in [1.807, 2.05) is 24.4 Å². The number of urea groups is 1. The second-order valence-corrected chi connectivity index (χ2v) is 4.81. The summed E-state index contributed by atoms with van der Waals surface area (Å²) in [6.45, 7) is 3.41. The highest BCUT2D eigenvalue weighted by Gasteiger charge is 2.04. The van der Waals surface area contributed by atoms with Crippen LogP contribution in [0.3, 0.4) is 0 Å². The normalized spacial score (nSPS) is 10.3. The summed E-state index contributed by atoms with van der Waals surface area (Å²) < 4.78 is 1.75. The third-order valence-electron chi connectivity index (χ3n) is 3.00. The molecule has 0 aliphatic heterocycles. The van der Waals surface area contributed by atoms with Crippen LogP contribution in [0.15, 0.2) is 36.7 Å². The van der Waals surface area contributed by atoms with Gasteiger partial charge in [-0.1, -0.05) is 25.8 Å². The van der Waals surface area contributed by atoms with Crippen molar-refractivity contribution in [1.29, 1.82) is 0 Å². The summed E-state index contributed by atoms with van der Waals surface area (Å²) in [6.07, 6.45) is 6.83. The molecule has 2 aromatic rings. The summed E-state index contributed by atoms with van der Waals surface area (Å²) in [4.78, 5) is 15.9. The second kappa shape index (κ2) is 8.04. The largest absolute Gasteiger partial charge is 0.338 e. The van der Waals surface area contributed by atoms with Crippen LogP contribution in [0, 0.1) is 0 Å². The fourth-order valence-corrected chi connectivity index (χ4v) is 1.91. The van der Waals surface area contributed by atoms with Crippen molar-refractivity contribution in [3.8, 4) is 0 Å². The highest BCUT2D eigenvalue weighted by molar-refractivity contribution is 5.88. The molecule has 0 fully saturated rings. The zero-order valence-corrected chi connectivity index (χ0v) is 12.2. The summed E-state index contributed by atoms with van der Waals surface area (Å²) in [6, 6.07) is 7.32. The number of nitrogens with zero attached hydrogens (tertiary/aromatic N) is 3. The predicted octanol–water partition coefficient (Wildman–Crippen LogP) is 2.64. The van der Waals surface area contributed by atoms with Gasteiger partial charge in [-0.25, -0.2) is 4.79 Å². The maximum absolute atomic E-state index is 11.7. The number of aromatic nitrogens is 3. The molecule has 0 saturated heterocycles. The van der Waals surface area contributed by atoms with Gasteiger partial charge < -0.3 is 5.32 Å². The molecule has 2 aromatic heterocycles. The summed E-state index contributed by atoms with van der Waals surface area (Å²) in [5.41, 5.74) is 0.927. The van der Waals surface area contributed by atoms with E-state index in [4.69, 9.17) is 0 Å². The van der Waals surface area contributed by atoms with Gasteiger partial charge in [-0.3, -0.25) is 15.0 Å². The van der Waals surface area contributed by atoms with Crippen molar-refractivity contribution >= 4 is 11.8 Å². The predicted molar refractivity (Wildman–Crippen MR) is 82.1 cm³/mol. The molecule has 21 heavy (non-hydrogen) atoms. The van der Waals surface area contributed by atoms with Crippen molar-refractivity contribution in [2.75, 3.05) is 11.9 Å². The number of hydrogen-bond acceptors (Lipinski definition) is 3. The molecule has 2 N–H and O–H groups in total. The van der Waals surface area contributed by atoms with Crippen LogP contribution in [-0.2, 0) is 6.54 Å². The highest BCUT2D eigenvalue weighted by atomic mass is 16.2. The summed E-state index contributed by atoms with van der Waals surface area (Å²) in [5.74, 6) is 0.541. The van der Waals surface area contributed by atoms with Gasteiger partial charge in [-0.05, 0) is 18.6 Å². The minimum absolute atomic E-state index is 0.214. The lowest BCUT2D eigenvalue weighted by molar-refractivity contribution is 0.252. The van der Waals surface area contributed by atoms with Gasteiger partial charge in [-0.15, -0.1) is 0 Å². The first kappa shape index (κ1) is 15.0. The molecule has 6 nitrogen and oxygen atoms in total. The van der Waals surface area contributed by atoms with Crippen molar-refractivity contribution in [2.45, 2.75) is 32.7 Å². The van der Waals surface area contributed by atoms with E-state index in [9.17, 15) is 4.79 Å². The molecule has 0 spiro atoms. The fraction of sp³-hybridized carbons (Fsp3) is 0.400. The Balaban J connectivity index is 1.79.